The second-order valence-corrected chi connectivity index (χ2v) is 3.34. The summed E-state index contributed by atoms with van der Waals surface area (Å²) in [7, 11) is 0. The zero-order valence-corrected chi connectivity index (χ0v) is 9.06. The predicted molar refractivity (Wildman–Crippen MR) is 55.5 cm³/mol. The van der Waals surface area contributed by atoms with Crippen LogP contribution >= 0.6 is 0 Å². The molecule has 0 aromatic heterocycles. The van der Waals surface area contributed by atoms with Gasteiger partial charge < -0.3 is 10.2 Å². The van der Waals surface area contributed by atoms with Gasteiger partial charge in [-0.15, -0.1) is 0 Å². The number of hydrogen-bond acceptors (Lipinski definition) is 2. The van der Waals surface area contributed by atoms with Crippen LogP contribution in [0.25, 0.3) is 0 Å². The molecule has 0 aliphatic heterocycles. The van der Waals surface area contributed by atoms with Crippen molar-refractivity contribution in [1.29, 1.82) is 0 Å². The lowest BCUT2D eigenvalue weighted by Gasteiger charge is -2.23. The summed E-state index contributed by atoms with van der Waals surface area (Å²) in [5.41, 5.74) is 0. The van der Waals surface area contributed by atoms with E-state index in [0.29, 0.717) is 6.04 Å². The van der Waals surface area contributed by atoms with Crippen molar-refractivity contribution in [2.24, 2.45) is 0 Å². The molecule has 12 heavy (non-hydrogen) atoms. The second-order valence-electron chi connectivity index (χ2n) is 3.34. The molecule has 0 saturated carbocycles. The summed E-state index contributed by atoms with van der Waals surface area (Å²) in [6.45, 7) is 13.5. The van der Waals surface area contributed by atoms with Crippen molar-refractivity contribution in [3.05, 3.63) is 0 Å². The van der Waals surface area contributed by atoms with Crippen molar-refractivity contribution in [2.45, 2.75) is 40.2 Å². The Morgan fingerprint density at radius 3 is 2.17 bits per heavy atom. The molecule has 0 radical (unpaired) electrons. The van der Waals surface area contributed by atoms with Crippen LogP contribution in [0.5, 0.6) is 0 Å². The Hall–Kier alpha value is -0.0800. The van der Waals surface area contributed by atoms with Crippen LogP contribution in [0.3, 0.4) is 0 Å². The van der Waals surface area contributed by atoms with Crippen molar-refractivity contribution in [3.63, 3.8) is 0 Å². The maximum atomic E-state index is 3.49. The standard InChI is InChI=1S/C10H24N2/c1-5-8-11-10(4)9-12(6-2)7-3/h10-11H,5-9H2,1-4H3. The molecule has 1 unspecified atom stereocenters. The number of hydrogen-bond donors (Lipinski definition) is 1. The molecule has 0 spiro atoms. The first kappa shape index (κ1) is 11.9. The van der Waals surface area contributed by atoms with E-state index < -0.39 is 0 Å². The Balaban J connectivity index is 3.44. The maximum absolute atomic E-state index is 3.49. The average molecular weight is 172 g/mol. The molecule has 1 atom stereocenters. The molecule has 74 valence electrons. The van der Waals surface area contributed by atoms with E-state index in [9.17, 15) is 0 Å². The topological polar surface area (TPSA) is 15.3 Å². The Labute approximate surface area is 77.3 Å². The highest BCUT2D eigenvalue weighted by Crippen LogP contribution is 1.91. The van der Waals surface area contributed by atoms with Crippen molar-refractivity contribution in [1.82, 2.24) is 10.2 Å². The number of nitrogens with zero attached hydrogens (tertiary/aromatic N) is 1. The first-order valence-electron chi connectivity index (χ1n) is 5.20. The molecule has 1 N–H and O–H groups in total. The first-order valence-corrected chi connectivity index (χ1v) is 5.20. The highest BCUT2D eigenvalue weighted by molar-refractivity contribution is 4.65. The van der Waals surface area contributed by atoms with Crippen LogP contribution in [0.15, 0.2) is 0 Å². The Bertz CT molecular complexity index is 89.8. The summed E-state index contributed by atoms with van der Waals surface area (Å²) in [4.78, 5) is 2.45. The number of likely N-dealkylation sites (N-methyl/N-ethyl adjacent to an activating group) is 1. The van der Waals surface area contributed by atoms with Gasteiger partial charge in [0.2, 0.25) is 0 Å². The molecular weight excluding hydrogens is 148 g/mol. The molecular formula is C10H24N2. The second kappa shape index (κ2) is 7.56. The molecule has 0 aliphatic rings. The summed E-state index contributed by atoms with van der Waals surface area (Å²) in [6, 6.07) is 0.629. The molecule has 0 bridgehead atoms. The minimum Gasteiger partial charge on any atom is -0.313 e. The van der Waals surface area contributed by atoms with Gasteiger partial charge in [0.1, 0.15) is 0 Å². The summed E-state index contributed by atoms with van der Waals surface area (Å²) in [5, 5.41) is 3.49. The van der Waals surface area contributed by atoms with E-state index in [1.165, 1.54) is 13.0 Å². The summed E-state index contributed by atoms with van der Waals surface area (Å²) >= 11 is 0. The highest BCUT2D eigenvalue weighted by atomic mass is 15.1. The van der Waals surface area contributed by atoms with Crippen LogP contribution in [0.2, 0.25) is 0 Å². The molecule has 0 aromatic carbocycles. The van der Waals surface area contributed by atoms with E-state index in [-0.39, 0.29) is 0 Å². The SMILES string of the molecule is CCCNC(C)CN(CC)CC. The molecule has 0 amide bonds. The Morgan fingerprint density at radius 1 is 1.17 bits per heavy atom. The lowest BCUT2D eigenvalue weighted by molar-refractivity contribution is 0.271. The van der Waals surface area contributed by atoms with Gasteiger partial charge in [-0.3, -0.25) is 0 Å². The normalized spacial score (nSPS) is 13.8. The fourth-order valence-corrected chi connectivity index (χ4v) is 1.32. The van der Waals surface area contributed by atoms with Crippen molar-refractivity contribution >= 4 is 0 Å². The van der Waals surface area contributed by atoms with E-state index >= 15 is 0 Å². The lowest BCUT2D eigenvalue weighted by Crippen LogP contribution is -2.39. The van der Waals surface area contributed by atoms with Crippen LogP contribution in [-0.2, 0) is 0 Å². The van der Waals surface area contributed by atoms with Crippen LogP contribution < -0.4 is 5.32 Å². The smallest absolute Gasteiger partial charge is 0.0166 e. The van der Waals surface area contributed by atoms with E-state index in [0.717, 1.165) is 19.6 Å². The molecule has 0 aliphatic carbocycles. The zero-order chi connectivity index (χ0) is 9.40. The molecule has 0 fully saturated rings. The van der Waals surface area contributed by atoms with Gasteiger partial charge in [-0.2, -0.15) is 0 Å². The molecule has 0 heterocycles. The van der Waals surface area contributed by atoms with Crippen molar-refractivity contribution < 1.29 is 0 Å². The zero-order valence-electron chi connectivity index (χ0n) is 9.06. The van der Waals surface area contributed by atoms with Gasteiger partial charge in [0.05, 0.1) is 0 Å². The van der Waals surface area contributed by atoms with Gasteiger partial charge in [0.15, 0.2) is 0 Å². The van der Waals surface area contributed by atoms with Gasteiger partial charge in [-0.05, 0) is 33.0 Å². The molecule has 2 heteroatoms. The van der Waals surface area contributed by atoms with Gasteiger partial charge in [0.25, 0.3) is 0 Å². The number of nitrogens with one attached hydrogen (secondary N) is 1. The lowest BCUT2D eigenvalue weighted by atomic mass is 10.3. The number of rotatable bonds is 7. The first-order chi connectivity index (χ1) is 5.74. The minimum atomic E-state index is 0.629. The summed E-state index contributed by atoms with van der Waals surface area (Å²) in [5.74, 6) is 0. The Kier molecular flexibility index (Phi) is 7.51. The largest absolute Gasteiger partial charge is 0.313 e. The van der Waals surface area contributed by atoms with E-state index in [2.05, 4.69) is 37.9 Å². The van der Waals surface area contributed by atoms with Crippen LogP contribution in [-0.4, -0.2) is 37.1 Å². The van der Waals surface area contributed by atoms with Gasteiger partial charge >= 0.3 is 0 Å². The third-order valence-corrected chi connectivity index (χ3v) is 2.17. The van der Waals surface area contributed by atoms with Gasteiger partial charge in [-0.25, -0.2) is 0 Å². The Morgan fingerprint density at radius 2 is 1.75 bits per heavy atom. The summed E-state index contributed by atoms with van der Waals surface area (Å²) < 4.78 is 0. The third-order valence-electron chi connectivity index (χ3n) is 2.17. The quantitative estimate of drug-likeness (QED) is 0.629. The average Bonchev–Trinajstić information content (AvgIpc) is 2.10. The van der Waals surface area contributed by atoms with Gasteiger partial charge in [-0.1, -0.05) is 20.8 Å². The summed E-state index contributed by atoms with van der Waals surface area (Å²) in [6.07, 6.45) is 1.22. The fraction of sp³-hybridized carbons (Fsp3) is 1.00. The molecule has 2 nitrogen and oxygen atoms in total. The van der Waals surface area contributed by atoms with E-state index in [4.69, 9.17) is 0 Å². The fourth-order valence-electron chi connectivity index (χ4n) is 1.32. The van der Waals surface area contributed by atoms with Crippen molar-refractivity contribution in [2.75, 3.05) is 26.2 Å². The van der Waals surface area contributed by atoms with Gasteiger partial charge in [0, 0.05) is 12.6 Å². The molecule has 0 saturated heterocycles. The molecule has 0 aromatic rings. The van der Waals surface area contributed by atoms with E-state index in [1.807, 2.05) is 0 Å². The third kappa shape index (κ3) is 5.56. The van der Waals surface area contributed by atoms with Crippen molar-refractivity contribution in [3.8, 4) is 0 Å². The van der Waals surface area contributed by atoms with Crippen LogP contribution in [0.1, 0.15) is 34.1 Å². The maximum Gasteiger partial charge on any atom is 0.0166 e. The monoisotopic (exact) mass is 172 g/mol. The molecule has 0 rings (SSSR count). The highest BCUT2D eigenvalue weighted by Gasteiger charge is 2.04. The van der Waals surface area contributed by atoms with E-state index in [1.54, 1.807) is 0 Å². The minimum absolute atomic E-state index is 0.629. The predicted octanol–water partition coefficient (Wildman–Crippen LogP) is 1.72. The van der Waals surface area contributed by atoms with Crippen LogP contribution in [0.4, 0.5) is 0 Å². The van der Waals surface area contributed by atoms with Crippen LogP contribution in [0, 0.1) is 0 Å².